The van der Waals surface area contributed by atoms with Crippen LogP contribution in [0.3, 0.4) is 0 Å². The molecule has 4 aromatic rings. The van der Waals surface area contributed by atoms with E-state index in [9.17, 15) is 8.78 Å². The van der Waals surface area contributed by atoms with E-state index in [2.05, 4.69) is 47.9 Å². The monoisotopic (exact) mass is 584 g/mol. The Hall–Kier alpha value is -3.42. The van der Waals surface area contributed by atoms with Crippen molar-refractivity contribution >= 4 is 0 Å². The molecule has 43 heavy (non-hydrogen) atoms. The number of hydrogen-bond acceptors (Lipinski definition) is 4. The van der Waals surface area contributed by atoms with Gasteiger partial charge in [0.25, 0.3) is 0 Å². The molecule has 0 radical (unpaired) electrons. The fraction of sp³-hybridized carbons (Fsp3) is 0.351. The summed E-state index contributed by atoms with van der Waals surface area (Å²) in [6.45, 7) is 11.3. The molecule has 1 heterocycles. The van der Waals surface area contributed by atoms with Gasteiger partial charge in [-0.2, -0.15) is 0 Å². The zero-order chi connectivity index (χ0) is 30.0. The van der Waals surface area contributed by atoms with Crippen molar-refractivity contribution < 1.29 is 18.3 Å². The maximum absolute atomic E-state index is 13.6. The second-order valence-electron chi connectivity index (χ2n) is 11.4. The lowest BCUT2D eigenvalue weighted by Crippen LogP contribution is -2.47. The van der Waals surface area contributed by atoms with Crippen molar-refractivity contribution in [3.63, 3.8) is 0 Å². The fourth-order valence-corrected chi connectivity index (χ4v) is 5.79. The van der Waals surface area contributed by atoms with Crippen LogP contribution in [0.5, 0.6) is 0 Å². The highest BCUT2D eigenvalue weighted by atomic mass is 19.1. The summed E-state index contributed by atoms with van der Waals surface area (Å²) >= 11 is 0. The highest BCUT2D eigenvalue weighted by Crippen LogP contribution is 2.30. The topological polar surface area (TPSA) is 24.9 Å². The summed E-state index contributed by atoms with van der Waals surface area (Å²) in [7, 11) is 0. The zero-order valence-electron chi connectivity index (χ0n) is 25.2. The normalized spacial score (nSPS) is 15.8. The Labute approximate surface area is 254 Å². The van der Waals surface area contributed by atoms with Gasteiger partial charge >= 0.3 is 0 Å². The third-order valence-electron chi connectivity index (χ3n) is 8.35. The molecule has 4 aromatic carbocycles. The SMILES string of the molecule is Cc1ccccc1C(OCCCN1CCN(CCOC(c2ccc(F)cc2)c2ccccc2C)CC1)c1ccc(F)cc1. The van der Waals surface area contributed by atoms with E-state index in [1.807, 2.05) is 48.5 Å². The Morgan fingerprint density at radius 1 is 0.558 bits per heavy atom. The van der Waals surface area contributed by atoms with Crippen molar-refractivity contribution in [2.24, 2.45) is 0 Å². The Morgan fingerprint density at radius 3 is 1.44 bits per heavy atom. The summed E-state index contributed by atoms with van der Waals surface area (Å²) in [6.07, 6.45) is 0.501. The van der Waals surface area contributed by atoms with E-state index in [1.54, 1.807) is 0 Å². The van der Waals surface area contributed by atoms with Crippen molar-refractivity contribution in [3.8, 4) is 0 Å². The highest BCUT2D eigenvalue weighted by molar-refractivity contribution is 5.36. The van der Waals surface area contributed by atoms with E-state index in [0.717, 1.165) is 73.5 Å². The van der Waals surface area contributed by atoms with Crippen LogP contribution in [0.4, 0.5) is 8.78 Å². The molecule has 0 aromatic heterocycles. The maximum Gasteiger partial charge on any atom is 0.123 e. The molecule has 0 saturated carbocycles. The number of hydrogen-bond donors (Lipinski definition) is 0. The second kappa shape index (κ2) is 15.3. The molecule has 226 valence electrons. The Morgan fingerprint density at radius 2 is 0.977 bits per heavy atom. The Balaban J connectivity index is 1.07. The van der Waals surface area contributed by atoms with Crippen LogP contribution in [0.2, 0.25) is 0 Å². The van der Waals surface area contributed by atoms with Crippen molar-refractivity contribution in [3.05, 3.63) is 142 Å². The van der Waals surface area contributed by atoms with Gasteiger partial charge in [0, 0.05) is 45.9 Å². The summed E-state index contributed by atoms with van der Waals surface area (Å²) in [5.41, 5.74) is 6.50. The number of ether oxygens (including phenoxy) is 2. The predicted molar refractivity (Wildman–Crippen MR) is 168 cm³/mol. The first-order valence-electron chi connectivity index (χ1n) is 15.3. The third kappa shape index (κ3) is 8.58. The lowest BCUT2D eigenvalue weighted by Gasteiger charge is -2.35. The minimum absolute atomic E-state index is 0.211. The van der Waals surface area contributed by atoms with Crippen LogP contribution in [-0.4, -0.2) is 62.3 Å². The van der Waals surface area contributed by atoms with Crippen molar-refractivity contribution in [2.45, 2.75) is 32.5 Å². The van der Waals surface area contributed by atoms with Gasteiger partial charge in [-0.3, -0.25) is 4.90 Å². The Bertz CT molecular complexity index is 1420. The first-order valence-corrected chi connectivity index (χ1v) is 15.3. The van der Waals surface area contributed by atoms with Crippen molar-refractivity contribution in [2.75, 3.05) is 52.5 Å². The molecular formula is C37H42F2N2O2. The summed E-state index contributed by atoms with van der Waals surface area (Å²) in [4.78, 5) is 4.95. The van der Waals surface area contributed by atoms with Crippen LogP contribution in [0, 0.1) is 25.5 Å². The molecule has 1 fully saturated rings. The second-order valence-corrected chi connectivity index (χ2v) is 11.4. The molecular weight excluding hydrogens is 542 g/mol. The lowest BCUT2D eigenvalue weighted by molar-refractivity contribution is 0.0400. The molecule has 0 N–H and O–H groups in total. The van der Waals surface area contributed by atoms with Gasteiger partial charge in [-0.15, -0.1) is 0 Å². The number of nitrogens with zero attached hydrogens (tertiary/aromatic N) is 2. The van der Waals surface area contributed by atoms with Crippen LogP contribution >= 0.6 is 0 Å². The fourth-order valence-electron chi connectivity index (χ4n) is 5.79. The largest absolute Gasteiger partial charge is 0.369 e. The smallest absolute Gasteiger partial charge is 0.123 e. The van der Waals surface area contributed by atoms with Crippen molar-refractivity contribution in [1.82, 2.24) is 9.80 Å². The van der Waals surface area contributed by atoms with E-state index < -0.39 is 0 Å². The maximum atomic E-state index is 13.6. The summed E-state index contributed by atoms with van der Waals surface area (Å²) in [6, 6.07) is 29.7. The standard InChI is InChI=1S/C37H42F2N2O2/c1-28-8-3-5-10-34(28)36(30-12-16-32(38)17-13-30)42-26-7-20-40-21-23-41(24-22-40)25-27-43-37(31-14-18-33(39)19-15-31)35-11-6-4-9-29(35)2/h3-6,8-19,36-37H,7,20-27H2,1-2H3. The van der Waals surface area contributed by atoms with Crippen molar-refractivity contribution in [1.29, 1.82) is 0 Å². The first-order chi connectivity index (χ1) is 21.0. The molecule has 4 nitrogen and oxygen atoms in total. The van der Waals surface area contributed by atoms with Crippen LogP contribution in [0.25, 0.3) is 0 Å². The molecule has 0 spiro atoms. The van der Waals surface area contributed by atoms with Crippen LogP contribution in [0.1, 0.15) is 52.0 Å². The van der Waals surface area contributed by atoms with Gasteiger partial charge in [0.15, 0.2) is 0 Å². The van der Waals surface area contributed by atoms with Crippen LogP contribution < -0.4 is 0 Å². The van der Waals surface area contributed by atoms with Gasteiger partial charge < -0.3 is 14.4 Å². The minimum atomic E-state index is -0.240. The van der Waals surface area contributed by atoms with Gasteiger partial charge in [-0.1, -0.05) is 72.8 Å². The number of benzene rings is 4. The third-order valence-corrected chi connectivity index (χ3v) is 8.35. The molecule has 2 atom stereocenters. The van der Waals surface area contributed by atoms with Gasteiger partial charge in [0.1, 0.15) is 23.8 Å². The molecule has 0 amide bonds. The van der Waals surface area contributed by atoms with Crippen LogP contribution in [0.15, 0.2) is 97.1 Å². The predicted octanol–water partition coefficient (Wildman–Crippen LogP) is 7.50. The molecule has 1 aliphatic rings. The molecule has 1 saturated heterocycles. The highest BCUT2D eigenvalue weighted by Gasteiger charge is 2.21. The van der Waals surface area contributed by atoms with Gasteiger partial charge in [-0.25, -0.2) is 8.78 Å². The quantitative estimate of drug-likeness (QED) is 0.152. The molecule has 6 heteroatoms. The summed E-state index contributed by atoms with van der Waals surface area (Å²) in [5, 5.41) is 0. The van der Waals surface area contributed by atoms with E-state index in [4.69, 9.17) is 9.47 Å². The minimum Gasteiger partial charge on any atom is -0.369 e. The number of aryl methyl sites for hydroxylation is 2. The van der Waals surface area contributed by atoms with Gasteiger partial charge in [-0.05, 0) is 77.9 Å². The molecule has 5 rings (SSSR count). The average molecular weight is 585 g/mol. The summed E-state index contributed by atoms with van der Waals surface area (Å²) in [5.74, 6) is -0.479. The van der Waals surface area contributed by atoms with E-state index in [1.165, 1.54) is 29.8 Å². The van der Waals surface area contributed by atoms with Gasteiger partial charge in [0.2, 0.25) is 0 Å². The Kier molecular flexibility index (Phi) is 11.1. The van der Waals surface area contributed by atoms with E-state index in [-0.39, 0.29) is 23.8 Å². The van der Waals surface area contributed by atoms with Gasteiger partial charge in [0.05, 0.1) is 6.61 Å². The summed E-state index contributed by atoms with van der Waals surface area (Å²) < 4.78 is 40.0. The molecule has 0 aliphatic carbocycles. The first kappa shape index (κ1) is 31.0. The number of piperazine rings is 1. The molecule has 2 unspecified atom stereocenters. The zero-order valence-corrected chi connectivity index (χ0v) is 25.2. The number of halogens is 2. The van der Waals surface area contributed by atoms with E-state index >= 15 is 0 Å². The van der Waals surface area contributed by atoms with E-state index in [0.29, 0.717) is 13.2 Å². The number of rotatable bonds is 13. The molecule has 0 bridgehead atoms. The lowest BCUT2D eigenvalue weighted by atomic mass is 9.97. The van der Waals surface area contributed by atoms with Crippen LogP contribution in [-0.2, 0) is 9.47 Å². The average Bonchev–Trinajstić information content (AvgIpc) is 3.02. The molecule has 1 aliphatic heterocycles.